The zero-order valence-corrected chi connectivity index (χ0v) is 12.0. The minimum atomic E-state index is -0.789. The molecule has 0 spiro atoms. The van der Waals surface area contributed by atoms with Gasteiger partial charge in [-0.15, -0.1) is 0 Å². The molecule has 106 valence electrons. The Hall–Kier alpha value is -1.26. The highest BCUT2D eigenvalue weighted by Crippen LogP contribution is 2.22. The highest BCUT2D eigenvalue weighted by Gasteiger charge is 2.26. The average molecular weight is 259 g/mol. The highest BCUT2D eigenvalue weighted by molar-refractivity contribution is 5.73. The van der Waals surface area contributed by atoms with E-state index in [0.29, 0.717) is 13.0 Å². The summed E-state index contributed by atoms with van der Waals surface area (Å²) in [6.45, 7) is 9.34. The maximum Gasteiger partial charge on any atom is 0.407 e. The number of nitrogens with one attached hydrogen (secondary N) is 1. The van der Waals surface area contributed by atoms with Crippen molar-refractivity contribution in [3.8, 4) is 0 Å². The lowest BCUT2D eigenvalue weighted by Gasteiger charge is -2.20. The van der Waals surface area contributed by atoms with Gasteiger partial charge in [0.2, 0.25) is 0 Å². The fourth-order valence-electron chi connectivity index (χ4n) is 1.30. The van der Waals surface area contributed by atoms with Gasteiger partial charge in [0.1, 0.15) is 5.60 Å². The molecule has 0 radical (unpaired) electrons. The minimum Gasteiger partial charge on any atom is -0.481 e. The molecular formula is C13H25NO4. The van der Waals surface area contributed by atoms with Crippen LogP contribution in [0.2, 0.25) is 0 Å². The van der Waals surface area contributed by atoms with Gasteiger partial charge < -0.3 is 15.2 Å². The van der Waals surface area contributed by atoms with Crippen molar-refractivity contribution in [3.63, 3.8) is 0 Å². The number of aliphatic carboxylic acids is 1. The van der Waals surface area contributed by atoms with E-state index in [-0.39, 0.29) is 0 Å². The van der Waals surface area contributed by atoms with Crippen molar-refractivity contribution in [2.75, 3.05) is 6.54 Å². The van der Waals surface area contributed by atoms with Crippen molar-refractivity contribution in [2.45, 2.75) is 59.5 Å². The Kier molecular flexibility index (Phi) is 6.15. The molecule has 0 unspecified atom stereocenters. The van der Waals surface area contributed by atoms with Gasteiger partial charge in [0, 0.05) is 6.54 Å². The zero-order chi connectivity index (χ0) is 14.4. The molecule has 0 bridgehead atoms. The van der Waals surface area contributed by atoms with Crippen molar-refractivity contribution in [1.29, 1.82) is 0 Å². The lowest BCUT2D eigenvalue weighted by Crippen LogP contribution is -2.33. The third-order valence-corrected chi connectivity index (χ3v) is 2.48. The van der Waals surface area contributed by atoms with E-state index in [0.717, 1.165) is 12.8 Å². The summed E-state index contributed by atoms with van der Waals surface area (Å²) in [6.07, 6.45) is 1.67. The molecule has 0 atom stereocenters. The molecule has 5 nitrogen and oxygen atoms in total. The fourth-order valence-corrected chi connectivity index (χ4v) is 1.30. The molecule has 0 aliphatic carbocycles. The SMILES string of the molecule is CC(C)(C)OC(=O)NCCCCC(C)(C)C(=O)O. The zero-order valence-electron chi connectivity index (χ0n) is 12.0. The summed E-state index contributed by atoms with van der Waals surface area (Å²) in [5.41, 5.74) is -1.19. The second kappa shape index (κ2) is 6.61. The van der Waals surface area contributed by atoms with Crippen LogP contribution in [0.4, 0.5) is 4.79 Å². The normalized spacial score (nSPS) is 12.1. The number of carboxylic acids is 1. The fraction of sp³-hybridized carbons (Fsp3) is 0.846. The van der Waals surface area contributed by atoms with Crippen LogP contribution in [-0.4, -0.2) is 29.3 Å². The van der Waals surface area contributed by atoms with Crippen LogP contribution in [0.3, 0.4) is 0 Å². The summed E-state index contributed by atoms with van der Waals surface area (Å²) in [4.78, 5) is 22.2. The Morgan fingerprint density at radius 1 is 1.11 bits per heavy atom. The van der Waals surface area contributed by atoms with Gasteiger partial charge in [-0.3, -0.25) is 4.79 Å². The van der Waals surface area contributed by atoms with Crippen molar-refractivity contribution < 1.29 is 19.4 Å². The van der Waals surface area contributed by atoms with E-state index < -0.39 is 23.1 Å². The van der Waals surface area contributed by atoms with Gasteiger partial charge in [0.15, 0.2) is 0 Å². The molecule has 0 saturated carbocycles. The van der Waals surface area contributed by atoms with Crippen molar-refractivity contribution in [1.82, 2.24) is 5.32 Å². The van der Waals surface area contributed by atoms with Gasteiger partial charge in [-0.05, 0) is 47.5 Å². The van der Waals surface area contributed by atoms with E-state index in [1.165, 1.54) is 0 Å². The summed E-state index contributed by atoms with van der Waals surface area (Å²) >= 11 is 0. The molecule has 0 aromatic carbocycles. The van der Waals surface area contributed by atoms with Crippen LogP contribution in [0, 0.1) is 5.41 Å². The number of carbonyl (C=O) groups excluding carboxylic acids is 1. The number of carboxylic acid groups (broad SMARTS) is 1. The number of rotatable bonds is 6. The highest BCUT2D eigenvalue weighted by atomic mass is 16.6. The molecule has 0 saturated heterocycles. The number of hydrogen-bond acceptors (Lipinski definition) is 3. The molecule has 0 aliphatic heterocycles. The number of hydrogen-bond donors (Lipinski definition) is 2. The number of alkyl carbamates (subject to hydrolysis) is 1. The maximum absolute atomic E-state index is 11.3. The Bertz CT molecular complexity index is 292. The second-order valence-electron chi connectivity index (χ2n) is 6.07. The summed E-state index contributed by atoms with van der Waals surface area (Å²) < 4.78 is 5.08. The summed E-state index contributed by atoms with van der Waals surface area (Å²) in [5, 5.41) is 11.6. The molecule has 0 rings (SSSR count). The molecular weight excluding hydrogens is 234 g/mol. The number of carbonyl (C=O) groups is 2. The predicted molar refractivity (Wildman–Crippen MR) is 69.5 cm³/mol. The third-order valence-electron chi connectivity index (χ3n) is 2.48. The van der Waals surface area contributed by atoms with Crippen LogP contribution < -0.4 is 5.32 Å². The van der Waals surface area contributed by atoms with E-state index in [1.54, 1.807) is 13.8 Å². The molecule has 0 fully saturated rings. The Morgan fingerprint density at radius 2 is 1.67 bits per heavy atom. The van der Waals surface area contributed by atoms with E-state index in [2.05, 4.69) is 5.32 Å². The molecule has 0 heterocycles. The maximum atomic E-state index is 11.3. The Morgan fingerprint density at radius 3 is 2.11 bits per heavy atom. The van der Waals surface area contributed by atoms with E-state index in [4.69, 9.17) is 9.84 Å². The Labute approximate surface area is 109 Å². The smallest absolute Gasteiger partial charge is 0.407 e. The second-order valence-corrected chi connectivity index (χ2v) is 6.07. The van der Waals surface area contributed by atoms with Gasteiger partial charge >= 0.3 is 12.1 Å². The molecule has 5 heteroatoms. The van der Waals surface area contributed by atoms with Gasteiger partial charge in [0.05, 0.1) is 5.41 Å². The van der Waals surface area contributed by atoms with Gasteiger partial charge in [0.25, 0.3) is 0 Å². The number of unbranched alkanes of at least 4 members (excludes halogenated alkanes) is 1. The quantitative estimate of drug-likeness (QED) is 0.719. The van der Waals surface area contributed by atoms with Crippen LogP contribution in [0.5, 0.6) is 0 Å². The molecule has 0 aromatic heterocycles. The van der Waals surface area contributed by atoms with Crippen molar-refractivity contribution in [3.05, 3.63) is 0 Å². The average Bonchev–Trinajstić information content (AvgIpc) is 2.13. The monoisotopic (exact) mass is 259 g/mol. The topological polar surface area (TPSA) is 75.6 Å². The molecule has 2 N–H and O–H groups in total. The van der Waals surface area contributed by atoms with E-state index in [1.807, 2.05) is 20.8 Å². The van der Waals surface area contributed by atoms with Gasteiger partial charge in [-0.25, -0.2) is 4.79 Å². The molecule has 0 aliphatic rings. The predicted octanol–water partition coefficient (Wildman–Crippen LogP) is 2.79. The third kappa shape index (κ3) is 7.92. The standard InChI is InChI=1S/C13H25NO4/c1-12(2,3)18-11(17)14-9-7-6-8-13(4,5)10(15)16/h6-9H2,1-5H3,(H,14,17)(H,15,16). The largest absolute Gasteiger partial charge is 0.481 e. The van der Waals surface area contributed by atoms with E-state index in [9.17, 15) is 9.59 Å². The van der Waals surface area contributed by atoms with Crippen LogP contribution in [0.1, 0.15) is 53.9 Å². The molecule has 1 amide bonds. The summed E-state index contributed by atoms with van der Waals surface area (Å²) in [5.74, 6) is -0.789. The molecule has 0 aromatic rings. The first-order valence-electron chi connectivity index (χ1n) is 6.25. The van der Waals surface area contributed by atoms with Crippen LogP contribution in [0.15, 0.2) is 0 Å². The van der Waals surface area contributed by atoms with Crippen LogP contribution in [-0.2, 0) is 9.53 Å². The minimum absolute atomic E-state index is 0.431. The number of ether oxygens (including phenoxy) is 1. The van der Waals surface area contributed by atoms with Crippen molar-refractivity contribution >= 4 is 12.1 Å². The van der Waals surface area contributed by atoms with Crippen LogP contribution in [0.25, 0.3) is 0 Å². The van der Waals surface area contributed by atoms with Gasteiger partial charge in [-0.2, -0.15) is 0 Å². The van der Waals surface area contributed by atoms with E-state index >= 15 is 0 Å². The first kappa shape index (κ1) is 16.7. The Balaban J connectivity index is 3.70. The van der Waals surface area contributed by atoms with Crippen molar-refractivity contribution in [2.24, 2.45) is 5.41 Å². The number of amides is 1. The first-order chi connectivity index (χ1) is 8.04. The summed E-state index contributed by atoms with van der Waals surface area (Å²) in [7, 11) is 0. The molecule has 18 heavy (non-hydrogen) atoms. The van der Waals surface area contributed by atoms with Crippen LogP contribution >= 0.6 is 0 Å². The first-order valence-corrected chi connectivity index (χ1v) is 6.25. The lowest BCUT2D eigenvalue weighted by atomic mass is 9.87. The lowest BCUT2D eigenvalue weighted by molar-refractivity contribution is -0.147. The summed E-state index contributed by atoms with van der Waals surface area (Å²) in [6, 6.07) is 0. The van der Waals surface area contributed by atoms with Gasteiger partial charge in [-0.1, -0.05) is 6.42 Å².